The maximum atomic E-state index is 12.5. The summed E-state index contributed by atoms with van der Waals surface area (Å²) < 4.78 is 0. The van der Waals surface area contributed by atoms with Gasteiger partial charge in [-0.2, -0.15) is 0 Å². The zero-order valence-electron chi connectivity index (χ0n) is 12.2. The third-order valence-corrected chi connectivity index (χ3v) is 3.09. The lowest BCUT2D eigenvalue weighted by Crippen LogP contribution is -2.25. The highest BCUT2D eigenvalue weighted by molar-refractivity contribution is 6.71. The van der Waals surface area contributed by atoms with Gasteiger partial charge >= 0.3 is 5.97 Å². The molecule has 0 radical (unpaired) electrons. The molecule has 0 saturated heterocycles. The number of halogens is 1. The highest BCUT2D eigenvalue weighted by Gasteiger charge is 2.24. The third-order valence-electron chi connectivity index (χ3n) is 2.84. The van der Waals surface area contributed by atoms with Crippen LogP contribution in [0.2, 0.25) is 5.02 Å². The minimum Gasteiger partial charge on any atom is -0.318 e. The predicted molar refractivity (Wildman–Crippen MR) is 85.8 cm³/mol. The molecule has 0 fully saturated rings. The largest absolute Gasteiger partial charge is 0.332 e. The van der Waals surface area contributed by atoms with Crippen LogP contribution in [0.4, 0.5) is 0 Å². The molecule has 0 atom stereocenters. The van der Waals surface area contributed by atoms with Gasteiger partial charge in [-0.1, -0.05) is 47.1 Å². The van der Waals surface area contributed by atoms with Crippen molar-refractivity contribution in [2.75, 3.05) is 0 Å². The van der Waals surface area contributed by atoms with Gasteiger partial charge in [0.25, 0.3) is 0 Å². The average Bonchev–Trinajstić information content (AvgIpc) is 2.56. The second-order valence-electron chi connectivity index (χ2n) is 4.55. The molecule has 2 aromatic rings. The van der Waals surface area contributed by atoms with Crippen molar-refractivity contribution in [2.45, 2.75) is 6.92 Å². The van der Waals surface area contributed by atoms with Gasteiger partial charge in [-0.3, -0.25) is 9.59 Å². The Hall–Kier alpha value is -2.79. The number of rotatable bonds is 5. The molecule has 0 aliphatic heterocycles. The first-order valence-corrected chi connectivity index (χ1v) is 7.02. The Morgan fingerprint density at radius 1 is 0.870 bits per heavy atom. The minimum absolute atomic E-state index is 0.213. The summed E-state index contributed by atoms with van der Waals surface area (Å²) in [6.45, 7) is 1.13. The van der Waals surface area contributed by atoms with Crippen molar-refractivity contribution in [3.8, 4) is 0 Å². The highest BCUT2D eigenvalue weighted by atomic mass is 35.5. The number of benzene rings is 2. The predicted octanol–water partition coefficient (Wildman–Crippen LogP) is 3.32. The molecule has 0 saturated carbocycles. The van der Waals surface area contributed by atoms with Crippen molar-refractivity contribution in [2.24, 2.45) is 5.16 Å². The van der Waals surface area contributed by atoms with E-state index in [0.29, 0.717) is 5.02 Å². The quantitative estimate of drug-likeness (QED) is 0.277. The minimum atomic E-state index is -0.729. The van der Waals surface area contributed by atoms with Crippen molar-refractivity contribution < 1.29 is 19.2 Å². The number of Topliss-reactive ketones (excluding diaryl/α,β-unsaturated/α-hetero) is 2. The van der Waals surface area contributed by atoms with E-state index in [1.165, 1.54) is 24.3 Å². The van der Waals surface area contributed by atoms with E-state index in [1.807, 2.05) is 0 Å². The molecule has 2 aromatic carbocycles. The number of carbonyl (C=O) groups excluding carboxylic acids is 3. The standard InChI is InChI=1S/C17H12ClNO4/c1-11(20)23-19-15(16(21)12-5-3-2-4-6-12)17(22)13-7-9-14(18)10-8-13/h2-10H,1H3/b19-15-. The van der Waals surface area contributed by atoms with Gasteiger partial charge in [0.15, 0.2) is 5.71 Å². The molecule has 6 heteroatoms. The Balaban J connectivity index is 2.40. The van der Waals surface area contributed by atoms with Crippen LogP contribution in [0.25, 0.3) is 0 Å². The second kappa shape index (κ2) is 7.47. The summed E-state index contributed by atoms with van der Waals surface area (Å²) in [7, 11) is 0. The van der Waals surface area contributed by atoms with E-state index in [0.717, 1.165) is 6.92 Å². The molecule has 5 nitrogen and oxygen atoms in total. The van der Waals surface area contributed by atoms with E-state index < -0.39 is 23.2 Å². The summed E-state index contributed by atoms with van der Waals surface area (Å²) in [5.74, 6) is -2.02. The van der Waals surface area contributed by atoms with Crippen LogP contribution in [-0.4, -0.2) is 23.2 Å². The van der Waals surface area contributed by atoms with E-state index in [-0.39, 0.29) is 11.1 Å². The van der Waals surface area contributed by atoms with Gasteiger partial charge in [0, 0.05) is 23.1 Å². The Labute approximate surface area is 137 Å². The smallest absolute Gasteiger partial charge is 0.318 e. The van der Waals surface area contributed by atoms with Crippen LogP contribution in [0.15, 0.2) is 59.8 Å². The van der Waals surface area contributed by atoms with Crippen LogP contribution < -0.4 is 0 Å². The van der Waals surface area contributed by atoms with E-state index in [1.54, 1.807) is 30.3 Å². The summed E-state index contributed by atoms with van der Waals surface area (Å²) in [4.78, 5) is 40.4. The second-order valence-corrected chi connectivity index (χ2v) is 4.99. The number of hydrogen-bond donors (Lipinski definition) is 0. The normalized spacial score (nSPS) is 11.0. The highest BCUT2D eigenvalue weighted by Crippen LogP contribution is 2.12. The SMILES string of the molecule is CC(=O)O/N=C(/C(=O)c1ccccc1)C(=O)c1ccc(Cl)cc1. The van der Waals surface area contributed by atoms with Gasteiger partial charge in [-0.25, -0.2) is 4.79 Å². The lowest BCUT2D eigenvalue weighted by Gasteiger charge is -2.05. The Morgan fingerprint density at radius 2 is 1.39 bits per heavy atom. The molecule has 116 valence electrons. The average molecular weight is 330 g/mol. The third kappa shape index (κ3) is 4.34. The van der Waals surface area contributed by atoms with Crippen molar-refractivity contribution >= 4 is 34.8 Å². The van der Waals surface area contributed by atoms with Crippen LogP contribution in [0, 0.1) is 0 Å². The fraction of sp³-hybridized carbons (Fsp3) is 0.0588. The van der Waals surface area contributed by atoms with Gasteiger partial charge in [-0.15, -0.1) is 0 Å². The van der Waals surface area contributed by atoms with Crippen molar-refractivity contribution in [1.29, 1.82) is 0 Å². The molecule has 23 heavy (non-hydrogen) atoms. The van der Waals surface area contributed by atoms with Crippen LogP contribution in [0.5, 0.6) is 0 Å². The molecule has 0 heterocycles. The van der Waals surface area contributed by atoms with Gasteiger partial charge < -0.3 is 4.84 Å². The van der Waals surface area contributed by atoms with Crippen molar-refractivity contribution in [3.63, 3.8) is 0 Å². The lowest BCUT2D eigenvalue weighted by atomic mass is 9.99. The molecular weight excluding hydrogens is 318 g/mol. The summed E-state index contributed by atoms with van der Waals surface area (Å²) in [6.07, 6.45) is 0. The van der Waals surface area contributed by atoms with Crippen molar-refractivity contribution in [3.05, 3.63) is 70.7 Å². The molecule has 0 bridgehead atoms. The van der Waals surface area contributed by atoms with E-state index >= 15 is 0 Å². The lowest BCUT2D eigenvalue weighted by molar-refractivity contribution is -0.140. The van der Waals surface area contributed by atoms with Crippen LogP contribution in [-0.2, 0) is 9.63 Å². The number of carbonyl (C=O) groups is 3. The Bertz CT molecular complexity index is 767. The number of ketones is 2. The number of nitrogens with zero attached hydrogens (tertiary/aromatic N) is 1. The summed E-state index contributed by atoms with van der Waals surface area (Å²) in [6, 6.07) is 14.1. The van der Waals surface area contributed by atoms with Gasteiger partial charge in [0.1, 0.15) is 0 Å². The molecule has 0 spiro atoms. The first-order valence-electron chi connectivity index (χ1n) is 6.64. The van der Waals surface area contributed by atoms with Crippen molar-refractivity contribution in [1.82, 2.24) is 0 Å². The number of oxime groups is 1. The molecule has 0 N–H and O–H groups in total. The molecular formula is C17H12ClNO4. The molecule has 2 rings (SSSR count). The maximum absolute atomic E-state index is 12.5. The first kappa shape index (κ1) is 16.6. The summed E-state index contributed by atoms with van der Waals surface area (Å²) in [5.41, 5.74) is -0.000906. The zero-order valence-corrected chi connectivity index (χ0v) is 12.9. The monoisotopic (exact) mass is 329 g/mol. The topological polar surface area (TPSA) is 72.8 Å². The summed E-state index contributed by atoms with van der Waals surface area (Å²) in [5, 5.41) is 3.89. The fourth-order valence-corrected chi connectivity index (χ4v) is 1.89. The summed E-state index contributed by atoms with van der Waals surface area (Å²) >= 11 is 5.78. The molecule has 0 aliphatic rings. The molecule has 0 aliphatic carbocycles. The first-order chi connectivity index (χ1) is 11.0. The van der Waals surface area contributed by atoms with Gasteiger partial charge in [0.05, 0.1) is 0 Å². The molecule has 0 amide bonds. The maximum Gasteiger partial charge on any atom is 0.332 e. The zero-order chi connectivity index (χ0) is 16.8. The molecule has 0 unspecified atom stereocenters. The van der Waals surface area contributed by atoms with Crippen LogP contribution in [0.3, 0.4) is 0 Å². The number of hydrogen-bond acceptors (Lipinski definition) is 5. The van der Waals surface area contributed by atoms with Gasteiger partial charge in [-0.05, 0) is 24.3 Å². The molecule has 0 aromatic heterocycles. The Kier molecular flexibility index (Phi) is 5.38. The van der Waals surface area contributed by atoms with Crippen LogP contribution >= 0.6 is 11.6 Å². The Morgan fingerprint density at radius 3 is 1.91 bits per heavy atom. The van der Waals surface area contributed by atoms with Crippen LogP contribution in [0.1, 0.15) is 27.6 Å². The fourth-order valence-electron chi connectivity index (χ4n) is 1.76. The van der Waals surface area contributed by atoms with E-state index in [2.05, 4.69) is 9.99 Å². The van der Waals surface area contributed by atoms with Gasteiger partial charge in [0.2, 0.25) is 11.6 Å². The van der Waals surface area contributed by atoms with E-state index in [9.17, 15) is 14.4 Å². The van der Waals surface area contributed by atoms with E-state index in [4.69, 9.17) is 11.6 Å².